The fraction of sp³-hybridized carbons (Fsp3) is 0.417. The van der Waals surface area contributed by atoms with Crippen molar-refractivity contribution in [1.29, 1.82) is 0 Å². The van der Waals surface area contributed by atoms with Gasteiger partial charge in [-0.1, -0.05) is 18.7 Å². The van der Waals surface area contributed by atoms with Crippen molar-refractivity contribution in [2.75, 3.05) is 0 Å². The lowest BCUT2D eigenvalue weighted by Gasteiger charge is -2.25. The second-order valence-corrected chi connectivity index (χ2v) is 4.28. The Morgan fingerprint density at radius 2 is 2.17 bits per heavy atom. The molecule has 0 aliphatic rings. The summed E-state index contributed by atoms with van der Waals surface area (Å²) in [6.45, 7) is 5.41. The lowest BCUT2D eigenvalue weighted by Crippen LogP contribution is -2.45. The number of allylic oxidation sites excluding steroid dienone is 3. The molecule has 0 saturated carbocycles. The zero-order chi connectivity index (χ0) is 14.0. The van der Waals surface area contributed by atoms with Gasteiger partial charge in [0.05, 0.1) is 12.7 Å². The van der Waals surface area contributed by atoms with Gasteiger partial charge < -0.3 is 5.11 Å². The average Bonchev–Trinajstić information content (AvgIpc) is 2.64. The van der Waals surface area contributed by atoms with E-state index >= 15 is 0 Å². The van der Waals surface area contributed by atoms with Crippen LogP contribution in [0.1, 0.15) is 19.4 Å². The molecule has 1 heterocycles. The van der Waals surface area contributed by atoms with Crippen LogP contribution in [0.2, 0.25) is 0 Å². The molecule has 0 amide bonds. The number of nitrogens with zero attached hydrogens (tertiary/aromatic N) is 2. The molecule has 0 fully saturated rings. The SMILES string of the molecule is C=C/C=C(\C)c1cnn(CC(C)(O)C(F)(F)F)c1. The maximum Gasteiger partial charge on any atom is 0.418 e. The average molecular weight is 260 g/mol. The van der Waals surface area contributed by atoms with Gasteiger partial charge in [0, 0.05) is 11.8 Å². The van der Waals surface area contributed by atoms with E-state index in [2.05, 4.69) is 11.7 Å². The lowest BCUT2D eigenvalue weighted by molar-refractivity contribution is -0.258. The van der Waals surface area contributed by atoms with Crippen LogP contribution in [0.25, 0.3) is 5.57 Å². The molecule has 0 aromatic carbocycles. The molecule has 0 radical (unpaired) electrons. The van der Waals surface area contributed by atoms with E-state index < -0.39 is 18.3 Å². The van der Waals surface area contributed by atoms with Crippen molar-refractivity contribution >= 4 is 5.57 Å². The fourth-order valence-electron chi connectivity index (χ4n) is 1.33. The van der Waals surface area contributed by atoms with Crippen LogP contribution in [-0.4, -0.2) is 26.7 Å². The van der Waals surface area contributed by atoms with Gasteiger partial charge in [0.25, 0.3) is 0 Å². The van der Waals surface area contributed by atoms with Gasteiger partial charge in [-0.3, -0.25) is 4.68 Å². The molecular weight excluding hydrogens is 245 g/mol. The minimum Gasteiger partial charge on any atom is -0.379 e. The van der Waals surface area contributed by atoms with Crippen LogP contribution in [0.15, 0.2) is 31.1 Å². The van der Waals surface area contributed by atoms with E-state index in [9.17, 15) is 18.3 Å². The number of halogens is 3. The van der Waals surface area contributed by atoms with Crippen molar-refractivity contribution in [1.82, 2.24) is 9.78 Å². The summed E-state index contributed by atoms with van der Waals surface area (Å²) >= 11 is 0. The Morgan fingerprint density at radius 1 is 1.56 bits per heavy atom. The van der Waals surface area contributed by atoms with Gasteiger partial charge in [-0.2, -0.15) is 18.3 Å². The molecule has 0 spiro atoms. The van der Waals surface area contributed by atoms with Gasteiger partial charge in [0.1, 0.15) is 0 Å². The highest BCUT2D eigenvalue weighted by Crippen LogP contribution is 2.31. The Hall–Kier alpha value is -1.56. The molecule has 1 N–H and O–H groups in total. The summed E-state index contributed by atoms with van der Waals surface area (Å²) in [7, 11) is 0. The largest absolute Gasteiger partial charge is 0.418 e. The quantitative estimate of drug-likeness (QED) is 0.845. The summed E-state index contributed by atoms with van der Waals surface area (Å²) in [5.41, 5.74) is -1.28. The summed E-state index contributed by atoms with van der Waals surface area (Å²) in [5.74, 6) is 0. The normalized spacial score (nSPS) is 16.4. The number of hydrogen-bond donors (Lipinski definition) is 1. The molecule has 1 rings (SSSR count). The summed E-state index contributed by atoms with van der Waals surface area (Å²) < 4.78 is 38.5. The van der Waals surface area contributed by atoms with Gasteiger partial charge >= 0.3 is 6.18 Å². The number of alkyl halides is 3. The molecule has 18 heavy (non-hydrogen) atoms. The van der Waals surface area contributed by atoms with Crippen LogP contribution in [0, 0.1) is 0 Å². The molecule has 6 heteroatoms. The van der Waals surface area contributed by atoms with E-state index in [1.54, 1.807) is 19.1 Å². The van der Waals surface area contributed by atoms with Gasteiger partial charge in [0.2, 0.25) is 0 Å². The van der Waals surface area contributed by atoms with Crippen LogP contribution in [-0.2, 0) is 6.54 Å². The number of rotatable bonds is 4. The lowest BCUT2D eigenvalue weighted by atomic mass is 10.1. The number of aromatic nitrogens is 2. The van der Waals surface area contributed by atoms with Crippen molar-refractivity contribution < 1.29 is 18.3 Å². The van der Waals surface area contributed by atoms with Gasteiger partial charge in [0.15, 0.2) is 5.60 Å². The maximum absolute atomic E-state index is 12.5. The Kier molecular flexibility index (Phi) is 4.01. The van der Waals surface area contributed by atoms with Crippen LogP contribution in [0.4, 0.5) is 13.2 Å². The van der Waals surface area contributed by atoms with E-state index in [1.807, 2.05) is 0 Å². The first-order valence-corrected chi connectivity index (χ1v) is 5.28. The van der Waals surface area contributed by atoms with Crippen molar-refractivity contribution in [2.45, 2.75) is 32.2 Å². The van der Waals surface area contributed by atoms with Gasteiger partial charge in [-0.05, 0) is 19.4 Å². The third-order valence-corrected chi connectivity index (χ3v) is 2.54. The van der Waals surface area contributed by atoms with Crippen molar-refractivity contribution in [3.05, 3.63) is 36.7 Å². The third-order valence-electron chi connectivity index (χ3n) is 2.54. The molecule has 0 aliphatic heterocycles. The Balaban J connectivity index is 2.89. The molecule has 1 aromatic heterocycles. The zero-order valence-corrected chi connectivity index (χ0v) is 10.2. The van der Waals surface area contributed by atoms with E-state index in [-0.39, 0.29) is 0 Å². The standard InChI is InChI=1S/C12H15F3N2O/c1-4-5-9(2)10-6-16-17(7-10)8-11(3,18)12(13,14)15/h4-7,18H,1,8H2,2-3H3/b9-5+. The van der Waals surface area contributed by atoms with Crippen LogP contribution in [0.3, 0.4) is 0 Å². The highest BCUT2D eigenvalue weighted by molar-refractivity contribution is 5.63. The van der Waals surface area contributed by atoms with E-state index in [0.717, 1.165) is 17.2 Å². The molecule has 1 atom stereocenters. The van der Waals surface area contributed by atoms with Gasteiger partial charge in [-0.25, -0.2) is 0 Å². The first-order valence-electron chi connectivity index (χ1n) is 5.28. The third kappa shape index (κ3) is 3.22. The predicted molar refractivity (Wildman–Crippen MR) is 62.8 cm³/mol. The molecule has 0 saturated heterocycles. The van der Waals surface area contributed by atoms with Gasteiger partial charge in [-0.15, -0.1) is 0 Å². The minimum atomic E-state index is -4.69. The van der Waals surface area contributed by atoms with Crippen LogP contribution < -0.4 is 0 Å². The topological polar surface area (TPSA) is 38.0 Å². The number of aliphatic hydroxyl groups is 1. The first-order chi connectivity index (χ1) is 8.17. The Labute approximate surface area is 103 Å². The minimum absolute atomic E-state index is 0.641. The Bertz CT molecular complexity index is 458. The van der Waals surface area contributed by atoms with Crippen LogP contribution in [0.5, 0.6) is 0 Å². The molecular formula is C12H15F3N2O. The maximum atomic E-state index is 12.5. The van der Waals surface area contributed by atoms with Crippen LogP contribution >= 0.6 is 0 Å². The van der Waals surface area contributed by atoms with E-state index in [1.165, 1.54) is 12.4 Å². The molecule has 1 unspecified atom stereocenters. The monoisotopic (exact) mass is 260 g/mol. The molecule has 0 bridgehead atoms. The number of hydrogen-bond acceptors (Lipinski definition) is 2. The molecule has 100 valence electrons. The molecule has 1 aromatic rings. The van der Waals surface area contributed by atoms with Crippen molar-refractivity contribution in [3.63, 3.8) is 0 Å². The zero-order valence-electron chi connectivity index (χ0n) is 10.2. The smallest absolute Gasteiger partial charge is 0.379 e. The second-order valence-electron chi connectivity index (χ2n) is 4.28. The highest BCUT2D eigenvalue weighted by Gasteiger charge is 2.50. The summed E-state index contributed by atoms with van der Waals surface area (Å²) in [4.78, 5) is 0. The van der Waals surface area contributed by atoms with E-state index in [4.69, 9.17) is 0 Å². The second kappa shape index (κ2) is 4.97. The summed E-state index contributed by atoms with van der Waals surface area (Å²) in [6.07, 6.45) is 1.52. The van der Waals surface area contributed by atoms with E-state index in [0.29, 0.717) is 5.56 Å². The summed E-state index contributed by atoms with van der Waals surface area (Å²) in [6, 6.07) is 0. The first kappa shape index (κ1) is 14.5. The fourth-order valence-corrected chi connectivity index (χ4v) is 1.33. The Morgan fingerprint density at radius 3 is 2.67 bits per heavy atom. The predicted octanol–water partition coefficient (Wildman–Crippen LogP) is 2.79. The van der Waals surface area contributed by atoms with Crippen molar-refractivity contribution in [3.8, 4) is 0 Å². The highest BCUT2D eigenvalue weighted by atomic mass is 19.4. The molecule has 3 nitrogen and oxygen atoms in total. The summed E-state index contributed by atoms with van der Waals surface area (Å²) in [5, 5.41) is 13.1. The molecule has 0 aliphatic carbocycles. The van der Waals surface area contributed by atoms with Crippen molar-refractivity contribution in [2.24, 2.45) is 0 Å².